The first kappa shape index (κ1) is 13.8. The highest BCUT2D eigenvalue weighted by Crippen LogP contribution is 2.18. The van der Waals surface area contributed by atoms with Crippen LogP contribution in [0.3, 0.4) is 0 Å². The van der Waals surface area contributed by atoms with Gasteiger partial charge < -0.3 is 9.88 Å². The lowest BCUT2D eigenvalue weighted by Gasteiger charge is -2.13. The number of benzene rings is 1. The first-order chi connectivity index (χ1) is 10.1. The molecule has 0 radical (unpaired) electrons. The van der Waals surface area contributed by atoms with Gasteiger partial charge in [-0.1, -0.05) is 12.1 Å². The van der Waals surface area contributed by atoms with Gasteiger partial charge in [-0.15, -0.1) is 0 Å². The van der Waals surface area contributed by atoms with Gasteiger partial charge in [0, 0.05) is 20.3 Å². The average molecular weight is 283 g/mol. The Kier molecular flexibility index (Phi) is 3.75. The Hall–Kier alpha value is -2.14. The van der Waals surface area contributed by atoms with Gasteiger partial charge in [0.2, 0.25) is 0 Å². The summed E-state index contributed by atoms with van der Waals surface area (Å²) in [4.78, 5) is 4.73. The zero-order valence-electron chi connectivity index (χ0n) is 12.7. The van der Waals surface area contributed by atoms with Crippen LogP contribution in [0.15, 0.2) is 36.7 Å². The molecule has 0 aliphatic carbocycles. The molecule has 0 fully saturated rings. The lowest BCUT2D eigenvalue weighted by atomic mass is 10.2. The molecule has 1 aromatic carbocycles. The molecule has 5 nitrogen and oxygen atoms in total. The predicted octanol–water partition coefficient (Wildman–Crippen LogP) is 2.20. The smallest absolute Gasteiger partial charge is 0.126 e. The van der Waals surface area contributed by atoms with E-state index in [4.69, 9.17) is 4.98 Å². The number of hydrogen-bond donors (Lipinski definition) is 1. The molecular weight excluding hydrogens is 262 g/mol. The number of aromatic nitrogens is 4. The second kappa shape index (κ2) is 5.69. The Morgan fingerprint density at radius 2 is 2.05 bits per heavy atom. The lowest BCUT2D eigenvalue weighted by molar-refractivity contribution is 0.536. The van der Waals surface area contributed by atoms with Gasteiger partial charge in [0.1, 0.15) is 5.82 Å². The third-order valence-corrected chi connectivity index (χ3v) is 3.83. The molecule has 0 amide bonds. The fourth-order valence-corrected chi connectivity index (χ4v) is 2.68. The Labute approximate surface area is 124 Å². The van der Waals surface area contributed by atoms with Crippen LogP contribution in [0.5, 0.6) is 0 Å². The molecule has 1 atom stereocenters. The van der Waals surface area contributed by atoms with Crippen LogP contribution in [0.2, 0.25) is 0 Å². The summed E-state index contributed by atoms with van der Waals surface area (Å²) < 4.78 is 4.00. The Balaban J connectivity index is 1.66. The van der Waals surface area contributed by atoms with E-state index >= 15 is 0 Å². The van der Waals surface area contributed by atoms with Gasteiger partial charge in [-0.25, -0.2) is 4.98 Å². The molecule has 2 aromatic heterocycles. The predicted molar refractivity (Wildman–Crippen MR) is 84.0 cm³/mol. The topological polar surface area (TPSA) is 47.7 Å². The molecule has 21 heavy (non-hydrogen) atoms. The molecule has 5 heteroatoms. The number of rotatable bonds is 5. The number of hydrogen-bond acceptors (Lipinski definition) is 3. The fourth-order valence-electron chi connectivity index (χ4n) is 2.68. The number of nitrogens with zero attached hydrogens (tertiary/aromatic N) is 4. The molecule has 0 saturated carbocycles. The molecule has 110 valence electrons. The minimum atomic E-state index is 0.221. The van der Waals surface area contributed by atoms with Gasteiger partial charge >= 0.3 is 0 Å². The fraction of sp³-hybridized carbons (Fsp3) is 0.375. The van der Waals surface area contributed by atoms with Crippen LogP contribution in [-0.4, -0.2) is 25.9 Å². The van der Waals surface area contributed by atoms with Crippen molar-refractivity contribution in [3.8, 4) is 0 Å². The largest absolute Gasteiger partial charge is 0.330 e. The zero-order chi connectivity index (χ0) is 14.8. The number of imidazole rings is 1. The van der Waals surface area contributed by atoms with Gasteiger partial charge in [0.25, 0.3) is 0 Å². The van der Waals surface area contributed by atoms with E-state index in [2.05, 4.69) is 47.3 Å². The van der Waals surface area contributed by atoms with Crippen molar-refractivity contribution in [1.82, 2.24) is 24.6 Å². The molecule has 0 aliphatic rings. The van der Waals surface area contributed by atoms with E-state index < -0.39 is 0 Å². The second-order valence-electron chi connectivity index (χ2n) is 5.47. The van der Waals surface area contributed by atoms with Crippen molar-refractivity contribution < 1.29 is 0 Å². The molecule has 0 aliphatic heterocycles. The van der Waals surface area contributed by atoms with Gasteiger partial charge in [0.15, 0.2) is 0 Å². The van der Waals surface area contributed by atoms with Crippen LogP contribution in [0.25, 0.3) is 11.0 Å². The molecule has 0 saturated heterocycles. The Morgan fingerprint density at radius 3 is 2.76 bits per heavy atom. The number of para-hydroxylation sites is 2. The normalized spacial score (nSPS) is 12.9. The van der Waals surface area contributed by atoms with Crippen molar-refractivity contribution in [1.29, 1.82) is 0 Å². The van der Waals surface area contributed by atoms with Crippen molar-refractivity contribution in [3.05, 3.63) is 48.0 Å². The third-order valence-electron chi connectivity index (χ3n) is 3.83. The molecular formula is C16H21N5. The van der Waals surface area contributed by atoms with Gasteiger partial charge in [-0.3, -0.25) is 4.68 Å². The van der Waals surface area contributed by atoms with E-state index in [1.165, 1.54) is 11.1 Å². The van der Waals surface area contributed by atoms with E-state index in [9.17, 15) is 0 Å². The third kappa shape index (κ3) is 2.83. The number of aryl methyl sites for hydroxylation is 2. The maximum Gasteiger partial charge on any atom is 0.126 e. The summed E-state index contributed by atoms with van der Waals surface area (Å²) in [5.74, 6) is 1.07. The molecule has 0 spiro atoms. The van der Waals surface area contributed by atoms with E-state index in [1.807, 2.05) is 30.1 Å². The number of fused-ring (bicyclic) bond motifs is 1. The highest BCUT2D eigenvalue weighted by Gasteiger charge is 2.13. The van der Waals surface area contributed by atoms with E-state index in [-0.39, 0.29) is 6.04 Å². The maximum atomic E-state index is 4.73. The van der Waals surface area contributed by atoms with Crippen molar-refractivity contribution in [2.45, 2.75) is 19.4 Å². The van der Waals surface area contributed by atoms with Gasteiger partial charge in [-0.05, 0) is 37.6 Å². The lowest BCUT2D eigenvalue weighted by Crippen LogP contribution is -2.23. The van der Waals surface area contributed by atoms with Gasteiger partial charge in [-0.2, -0.15) is 5.10 Å². The summed E-state index contributed by atoms with van der Waals surface area (Å²) in [6.45, 7) is 3.07. The van der Waals surface area contributed by atoms with E-state index in [0.29, 0.717) is 0 Å². The van der Waals surface area contributed by atoms with Crippen molar-refractivity contribution in [2.24, 2.45) is 14.1 Å². The standard InChI is InChI=1S/C16H21N5/c1-12(17-9-8-13-10-18-20(2)11-13)16-19-14-6-4-5-7-15(14)21(16)3/h4-7,10-12,17H,8-9H2,1-3H3. The van der Waals surface area contributed by atoms with E-state index in [0.717, 1.165) is 24.3 Å². The first-order valence-corrected chi connectivity index (χ1v) is 7.27. The summed E-state index contributed by atoms with van der Waals surface area (Å²) in [6.07, 6.45) is 4.95. The highest BCUT2D eigenvalue weighted by molar-refractivity contribution is 5.75. The van der Waals surface area contributed by atoms with Crippen molar-refractivity contribution >= 4 is 11.0 Å². The summed E-state index contributed by atoms with van der Waals surface area (Å²) in [7, 11) is 4.02. The quantitative estimate of drug-likeness (QED) is 0.781. The monoisotopic (exact) mass is 283 g/mol. The molecule has 2 heterocycles. The van der Waals surface area contributed by atoms with Crippen molar-refractivity contribution in [2.75, 3.05) is 6.54 Å². The minimum absolute atomic E-state index is 0.221. The van der Waals surface area contributed by atoms with Crippen LogP contribution in [0.1, 0.15) is 24.4 Å². The maximum absolute atomic E-state index is 4.73. The van der Waals surface area contributed by atoms with Crippen molar-refractivity contribution in [3.63, 3.8) is 0 Å². The summed E-state index contributed by atoms with van der Waals surface area (Å²) in [5, 5.41) is 7.73. The highest BCUT2D eigenvalue weighted by atomic mass is 15.2. The molecule has 3 aromatic rings. The van der Waals surface area contributed by atoms with Crippen LogP contribution in [0.4, 0.5) is 0 Å². The Bertz CT molecular complexity index is 740. The number of nitrogens with one attached hydrogen (secondary N) is 1. The van der Waals surface area contributed by atoms with Crippen LogP contribution < -0.4 is 5.32 Å². The molecule has 1 N–H and O–H groups in total. The average Bonchev–Trinajstić information content (AvgIpc) is 3.03. The molecule has 3 rings (SSSR count). The summed E-state index contributed by atoms with van der Waals surface area (Å²) in [6, 6.07) is 8.46. The van der Waals surface area contributed by atoms with Crippen LogP contribution in [-0.2, 0) is 20.5 Å². The SMILES string of the molecule is CC(NCCc1cnn(C)c1)c1nc2ccccc2n1C. The van der Waals surface area contributed by atoms with Gasteiger partial charge in [0.05, 0.1) is 23.3 Å². The minimum Gasteiger partial charge on any atom is -0.330 e. The van der Waals surface area contributed by atoms with Crippen LogP contribution in [0, 0.1) is 0 Å². The van der Waals surface area contributed by atoms with Crippen LogP contribution >= 0.6 is 0 Å². The van der Waals surface area contributed by atoms with E-state index in [1.54, 1.807) is 0 Å². The molecule has 0 bridgehead atoms. The summed E-state index contributed by atoms with van der Waals surface area (Å²) in [5.41, 5.74) is 3.48. The Morgan fingerprint density at radius 1 is 1.24 bits per heavy atom. The zero-order valence-corrected chi connectivity index (χ0v) is 12.7. The summed E-state index contributed by atoms with van der Waals surface area (Å²) >= 11 is 0. The molecule has 1 unspecified atom stereocenters. The second-order valence-corrected chi connectivity index (χ2v) is 5.47. The first-order valence-electron chi connectivity index (χ1n) is 7.27.